The van der Waals surface area contributed by atoms with Crippen LogP contribution < -0.4 is 15.4 Å². The molecule has 0 saturated carbocycles. The van der Waals surface area contributed by atoms with Crippen LogP contribution in [-0.4, -0.2) is 83.8 Å². The summed E-state index contributed by atoms with van der Waals surface area (Å²) in [6.07, 6.45) is 4.38. The third-order valence-electron chi connectivity index (χ3n) is 7.76. The summed E-state index contributed by atoms with van der Waals surface area (Å²) in [4.78, 5) is 16.1. The van der Waals surface area contributed by atoms with Crippen LogP contribution in [0.15, 0.2) is 41.3 Å². The van der Waals surface area contributed by atoms with Crippen molar-refractivity contribution in [3.8, 4) is 17.6 Å². The number of hydrogen-bond donors (Lipinski definition) is 2. The summed E-state index contributed by atoms with van der Waals surface area (Å²) in [5, 5.41) is 11.2. The van der Waals surface area contributed by atoms with Crippen LogP contribution >= 0.6 is 11.8 Å². The molecule has 3 aromatic rings. The Hall–Kier alpha value is -3.56. The molecule has 2 aliphatic heterocycles. The predicted molar refractivity (Wildman–Crippen MR) is 155 cm³/mol. The quantitative estimate of drug-likeness (QED) is 0.293. The van der Waals surface area contributed by atoms with Crippen LogP contribution in [0, 0.1) is 11.8 Å². The number of likely N-dealkylation sites (N-methyl/N-ethyl adjacent to an activating group) is 1. The number of ether oxygens (including phenoxy) is 1. The van der Waals surface area contributed by atoms with Gasteiger partial charge in [-0.25, -0.2) is 4.52 Å². The van der Waals surface area contributed by atoms with Crippen LogP contribution in [0.5, 0.6) is 5.75 Å². The Labute approximate surface area is 241 Å². The SMILES string of the molecule is COc1cc(C(=O)N(C)C)ccc1NCC#Cc1nn2c(N[C@@H]3CC[C@@H]4CC[C@H]3N4C)cccc2c1SC(F)(F)F. The predicted octanol–water partition coefficient (Wildman–Crippen LogP) is 5.16. The first-order valence-electron chi connectivity index (χ1n) is 13.4. The smallest absolute Gasteiger partial charge is 0.446 e. The molecule has 2 saturated heterocycles. The first-order chi connectivity index (χ1) is 19.6. The van der Waals surface area contributed by atoms with E-state index in [4.69, 9.17) is 4.74 Å². The van der Waals surface area contributed by atoms with Gasteiger partial charge in [0.05, 0.1) is 29.8 Å². The molecule has 41 heavy (non-hydrogen) atoms. The number of aromatic nitrogens is 2. The van der Waals surface area contributed by atoms with Gasteiger partial charge in [-0.1, -0.05) is 12.0 Å². The van der Waals surface area contributed by atoms with Crippen molar-refractivity contribution in [3.05, 3.63) is 47.7 Å². The summed E-state index contributed by atoms with van der Waals surface area (Å²) < 4.78 is 47.7. The lowest BCUT2D eigenvalue weighted by atomic mass is 9.98. The zero-order valence-electron chi connectivity index (χ0n) is 23.4. The van der Waals surface area contributed by atoms with Crippen LogP contribution in [0.4, 0.5) is 24.7 Å². The van der Waals surface area contributed by atoms with Crippen molar-refractivity contribution in [1.82, 2.24) is 19.4 Å². The molecule has 0 aliphatic carbocycles. The molecule has 2 N–H and O–H groups in total. The van der Waals surface area contributed by atoms with E-state index >= 15 is 0 Å². The molecule has 2 fully saturated rings. The average molecular weight is 587 g/mol. The summed E-state index contributed by atoms with van der Waals surface area (Å²) >= 11 is -0.201. The summed E-state index contributed by atoms with van der Waals surface area (Å²) in [6.45, 7) is 0.129. The fourth-order valence-electron chi connectivity index (χ4n) is 5.75. The van der Waals surface area contributed by atoms with E-state index in [1.807, 2.05) is 6.07 Å². The van der Waals surface area contributed by atoms with E-state index in [0.717, 1.165) is 19.3 Å². The number of nitrogens with zero attached hydrogens (tertiary/aromatic N) is 4. The second-order valence-electron chi connectivity index (χ2n) is 10.5. The third kappa shape index (κ3) is 6.21. The molecule has 0 radical (unpaired) electrons. The zero-order valence-corrected chi connectivity index (χ0v) is 24.2. The van der Waals surface area contributed by atoms with Crippen LogP contribution in [0.2, 0.25) is 0 Å². The molecule has 1 amide bonds. The van der Waals surface area contributed by atoms with E-state index in [9.17, 15) is 18.0 Å². The molecule has 0 unspecified atom stereocenters. The number of anilines is 2. The lowest BCUT2D eigenvalue weighted by molar-refractivity contribution is -0.0327. The van der Waals surface area contributed by atoms with Gasteiger partial charge in [-0.05, 0) is 80.7 Å². The largest absolute Gasteiger partial charge is 0.495 e. The number of alkyl halides is 3. The summed E-state index contributed by atoms with van der Waals surface area (Å²) in [7, 11) is 6.98. The van der Waals surface area contributed by atoms with Crippen molar-refractivity contribution in [2.24, 2.45) is 0 Å². The van der Waals surface area contributed by atoms with E-state index in [-0.39, 0.29) is 40.8 Å². The Morgan fingerprint density at radius 2 is 1.98 bits per heavy atom. The van der Waals surface area contributed by atoms with Gasteiger partial charge >= 0.3 is 5.51 Å². The molecule has 3 atom stereocenters. The molecular formula is C29H33F3N6O2S. The first kappa shape index (κ1) is 29.0. The van der Waals surface area contributed by atoms with Crippen molar-refractivity contribution in [1.29, 1.82) is 0 Å². The number of thioether (sulfide) groups is 1. The highest BCUT2D eigenvalue weighted by Crippen LogP contribution is 2.41. The Balaban J connectivity index is 1.39. The zero-order chi connectivity index (χ0) is 29.3. The number of hydrogen-bond acceptors (Lipinski definition) is 7. The molecule has 4 heterocycles. The van der Waals surface area contributed by atoms with Gasteiger partial charge in [0.1, 0.15) is 17.3 Å². The van der Waals surface area contributed by atoms with Crippen molar-refractivity contribution in [3.63, 3.8) is 0 Å². The number of amides is 1. The summed E-state index contributed by atoms with van der Waals surface area (Å²) in [5.41, 5.74) is -3.00. The number of nitrogens with one attached hydrogen (secondary N) is 2. The van der Waals surface area contributed by atoms with E-state index in [2.05, 4.69) is 39.5 Å². The van der Waals surface area contributed by atoms with Crippen LogP contribution in [0.3, 0.4) is 0 Å². The Bertz CT molecular complexity index is 1500. The van der Waals surface area contributed by atoms with Gasteiger partial charge in [-0.15, -0.1) is 0 Å². The fourth-order valence-corrected chi connectivity index (χ4v) is 6.43. The Morgan fingerprint density at radius 1 is 1.20 bits per heavy atom. The molecule has 8 nitrogen and oxygen atoms in total. The Kier molecular flexibility index (Phi) is 8.29. The second-order valence-corrected chi connectivity index (χ2v) is 11.6. The lowest BCUT2D eigenvalue weighted by Gasteiger charge is -2.38. The minimum absolute atomic E-state index is 0.0283. The minimum Gasteiger partial charge on any atom is -0.495 e. The van der Waals surface area contributed by atoms with Gasteiger partial charge in [-0.3, -0.25) is 9.69 Å². The van der Waals surface area contributed by atoms with Gasteiger partial charge < -0.3 is 20.3 Å². The van der Waals surface area contributed by atoms with Gasteiger partial charge in [-0.2, -0.15) is 18.3 Å². The van der Waals surface area contributed by atoms with Crippen molar-refractivity contribution >= 4 is 34.7 Å². The molecule has 5 rings (SSSR count). The second kappa shape index (κ2) is 11.7. The number of halogens is 3. The number of rotatable bonds is 7. The topological polar surface area (TPSA) is 74.1 Å². The van der Waals surface area contributed by atoms with E-state index in [1.54, 1.807) is 44.4 Å². The van der Waals surface area contributed by atoms with Crippen molar-refractivity contribution in [2.75, 3.05) is 45.4 Å². The lowest BCUT2D eigenvalue weighted by Crippen LogP contribution is -2.48. The highest BCUT2D eigenvalue weighted by atomic mass is 32.2. The molecule has 1 aromatic carbocycles. The molecule has 2 bridgehead atoms. The number of methoxy groups -OCH3 is 1. The number of piperidine rings is 1. The number of carbonyl (C=O) groups excluding carboxylic acids is 1. The molecule has 0 spiro atoms. The molecule has 218 valence electrons. The highest BCUT2D eigenvalue weighted by Gasteiger charge is 2.40. The van der Waals surface area contributed by atoms with Gasteiger partial charge in [0.25, 0.3) is 5.91 Å². The number of fused-ring (bicyclic) bond motifs is 3. The van der Waals surface area contributed by atoms with Crippen LogP contribution in [0.1, 0.15) is 41.7 Å². The van der Waals surface area contributed by atoms with Crippen molar-refractivity contribution < 1.29 is 22.7 Å². The van der Waals surface area contributed by atoms with E-state index < -0.39 is 5.51 Å². The van der Waals surface area contributed by atoms with E-state index in [0.29, 0.717) is 40.4 Å². The molecule has 2 aromatic heterocycles. The fraction of sp³-hybridized carbons (Fsp3) is 0.448. The summed E-state index contributed by atoms with van der Waals surface area (Å²) in [5.74, 6) is 6.69. The number of benzene rings is 1. The van der Waals surface area contributed by atoms with Crippen LogP contribution in [0.25, 0.3) is 5.52 Å². The maximum Gasteiger partial charge on any atom is 0.446 e. The first-order valence-corrected chi connectivity index (χ1v) is 14.3. The summed E-state index contributed by atoms with van der Waals surface area (Å²) in [6, 6.07) is 11.4. The molecular weight excluding hydrogens is 553 g/mol. The molecule has 2 aliphatic rings. The monoisotopic (exact) mass is 586 g/mol. The van der Waals surface area contributed by atoms with Crippen molar-refractivity contribution in [2.45, 2.75) is 54.2 Å². The highest BCUT2D eigenvalue weighted by molar-refractivity contribution is 8.00. The standard InChI is InChI=1S/C29H33F3N6O2S/c1-36(2)28(39)18-10-13-21(25(17-18)40-4)33-16-6-7-22-27(41-29(30,31)32)24-8-5-9-26(38(24)35-22)34-20-14-11-19-12-15-23(20)37(19)3/h5,8-10,13,17,19-20,23,33-34H,11-12,14-16H2,1-4H3/t19-,20-,23-/m1/s1. The van der Waals surface area contributed by atoms with Crippen LogP contribution in [-0.2, 0) is 0 Å². The van der Waals surface area contributed by atoms with Gasteiger partial charge in [0.15, 0.2) is 0 Å². The molecule has 12 heteroatoms. The number of carbonyl (C=O) groups is 1. The normalized spacial score (nSPS) is 20.4. The van der Waals surface area contributed by atoms with E-state index in [1.165, 1.54) is 22.9 Å². The minimum atomic E-state index is -4.49. The maximum absolute atomic E-state index is 13.6. The average Bonchev–Trinajstić information content (AvgIpc) is 3.38. The van der Waals surface area contributed by atoms with Gasteiger partial charge in [0, 0.05) is 37.8 Å². The third-order valence-corrected chi connectivity index (χ3v) is 8.60. The van der Waals surface area contributed by atoms with Gasteiger partial charge in [0.2, 0.25) is 0 Å². The Morgan fingerprint density at radius 3 is 2.71 bits per heavy atom. The maximum atomic E-state index is 13.6. The number of pyridine rings is 1.